The summed E-state index contributed by atoms with van der Waals surface area (Å²) in [5.74, 6) is -1.03. The number of carbonyl (C=O) groups excluding carboxylic acids is 2. The van der Waals surface area contributed by atoms with E-state index in [2.05, 4.69) is 5.32 Å². The molecule has 1 aromatic heterocycles. The van der Waals surface area contributed by atoms with E-state index in [0.29, 0.717) is 21.9 Å². The van der Waals surface area contributed by atoms with Crippen molar-refractivity contribution in [3.63, 3.8) is 0 Å². The summed E-state index contributed by atoms with van der Waals surface area (Å²) in [7, 11) is 0. The first-order valence-corrected chi connectivity index (χ1v) is 8.56. The first-order valence-electron chi connectivity index (χ1n) is 7.80. The minimum atomic E-state index is -0.527. The van der Waals surface area contributed by atoms with Crippen molar-refractivity contribution in [1.82, 2.24) is 0 Å². The average molecular weight is 392 g/mol. The summed E-state index contributed by atoms with van der Waals surface area (Å²) < 4.78 is 10.5. The van der Waals surface area contributed by atoms with E-state index in [0.717, 1.165) is 10.9 Å². The molecule has 7 heteroatoms. The predicted molar refractivity (Wildman–Crippen MR) is 101 cm³/mol. The van der Waals surface area contributed by atoms with Crippen molar-refractivity contribution >= 4 is 51.7 Å². The number of benzene rings is 2. The van der Waals surface area contributed by atoms with Gasteiger partial charge < -0.3 is 14.5 Å². The molecule has 0 bridgehead atoms. The van der Waals surface area contributed by atoms with Crippen LogP contribution in [-0.2, 0) is 20.7 Å². The molecule has 0 saturated carbocycles. The Bertz CT molecular complexity index is 981. The summed E-state index contributed by atoms with van der Waals surface area (Å²) in [6.45, 7) is 1.54. The van der Waals surface area contributed by atoms with Gasteiger partial charge in [0.25, 0.3) is 5.91 Å². The first kappa shape index (κ1) is 18.3. The van der Waals surface area contributed by atoms with Crippen LogP contribution < -0.4 is 5.32 Å². The molecule has 3 aromatic rings. The maximum atomic E-state index is 12.0. The number of esters is 1. The van der Waals surface area contributed by atoms with Gasteiger partial charge in [-0.1, -0.05) is 41.4 Å². The van der Waals surface area contributed by atoms with Gasteiger partial charge in [-0.25, -0.2) is 0 Å². The van der Waals surface area contributed by atoms with Crippen LogP contribution in [0.5, 0.6) is 0 Å². The lowest BCUT2D eigenvalue weighted by Gasteiger charge is -2.08. The van der Waals surface area contributed by atoms with Gasteiger partial charge in [-0.05, 0) is 30.7 Å². The number of nitrogens with one attached hydrogen (secondary N) is 1. The number of aryl methyl sites for hydroxylation is 1. The standard InChI is InChI=1S/C19H15Cl2NO4/c1-11-5-6-13-12(9-25-16(13)7-11)8-18(24)26-10-17(23)22-15-4-2-3-14(20)19(15)21/h2-7,9H,8,10H2,1H3,(H,22,23). The Morgan fingerprint density at radius 3 is 2.81 bits per heavy atom. The van der Waals surface area contributed by atoms with E-state index in [4.69, 9.17) is 32.4 Å². The minimum absolute atomic E-state index is 0.0151. The SMILES string of the molecule is Cc1ccc2c(CC(=O)OCC(=O)Nc3cccc(Cl)c3Cl)coc2c1. The van der Waals surface area contributed by atoms with Crippen molar-refractivity contribution in [2.75, 3.05) is 11.9 Å². The van der Waals surface area contributed by atoms with Crippen LogP contribution in [0.2, 0.25) is 10.0 Å². The lowest BCUT2D eigenvalue weighted by atomic mass is 10.1. The molecule has 0 aliphatic rings. The van der Waals surface area contributed by atoms with Crippen LogP contribution in [0, 0.1) is 6.92 Å². The number of rotatable bonds is 5. The summed E-state index contributed by atoms with van der Waals surface area (Å²) in [6, 6.07) is 10.6. The smallest absolute Gasteiger partial charge is 0.310 e. The highest BCUT2D eigenvalue weighted by atomic mass is 35.5. The van der Waals surface area contributed by atoms with Crippen molar-refractivity contribution in [2.24, 2.45) is 0 Å². The Morgan fingerprint density at radius 1 is 1.19 bits per heavy atom. The molecule has 1 heterocycles. The molecule has 26 heavy (non-hydrogen) atoms. The highest BCUT2D eigenvalue weighted by molar-refractivity contribution is 6.44. The minimum Gasteiger partial charge on any atom is -0.464 e. The van der Waals surface area contributed by atoms with Gasteiger partial charge in [0.15, 0.2) is 6.61 Å². The van der Waals surface area contributed by atoms with Gasteiger partial charge in [0.05, 0.1) is 28.4 Å². The Morgan fingerprint density at radius 2 is 2.00 bits per heavy atom. The van der Waals surface area contributed by atoms with Crippen LogP contribution in [0.25, 0.3) is 11.0 Å². The third-order valence-corrected chi connectivity index (χ3v) is 4.55. The molecule has 0 atom stereocenters. The van der Waals surface area contributed by atoms with Gasteiger partial charge >= 0.3 is 5.97 Å². The lowest BCUT2D eigenvalue weighted by molar-refractivity contribution is -0.146. The molecule has 134 valence electrons. The van der Waals surface area contributed by atoms with Gasteiger partial charge in [0, 0.05) is 10.9 Å². The van der Waals surface area contributed by atoms with Crippen LogP contribution in [0.15, 0.2) is 47.1 Å². The van der Waals surface area contributed by atoms with Crippen LogP contribution in [0.1, 0.15) is 11.1 Å². The van der Waals surface area contributed by atoms with Crippen LogP contribution in [-0.4, -0.2) is 18.5 Å². The molecular formula is C19H15Cl2NO4. The summed E-state index contributed by atoms with van der Waals surface area (Å²) in [4.78, 5) is 23.9. The number of fused-ring (bicyclic) bond motifs is 1. The number of amides is 1. The van der Waals surface area contributed by atoms with Crippen molar-refractivity contribution in [3.05, 3.63) is 63.8 Å². The molecule has 0 saturated heterocycles. The second-order valence-electron chi connectivity index (χ2n) is 5.75. The molecule has 5 nitrogen and oxygen atoms in total. The number of furan rings is 1. The molecule has 1 amide bonds. The van der Waals surface area contributed by atoms with E-state index >= 15 is 0 Å². The first-order chi connectivity index (χ1) is 12.4. The molecule has 2 aromatic carbocycles. The molecule has 0 radical (unpaired) electrons. The van der Waals surface area contributed by atoms with Crippen molar-refractivity contribution < 1.29 is 18.7 Å². The Hall–Kier alpha value is -2.50. The Balaban J connectivity index is 1.56. The molecule has 3 rings (SSSR count). The second-order valence-corrected chi connectivity index (χ2v) is 6.53. The molecular weight excluding hydrogens is 377 g/mol. The van der Waals surface area contributed by atoms with E-state index in [9.17, 15) is 9.59 Å². The van der Waals surface area contributed by atoms with Gasteiger partial charge in [-0.3, -0.25) is 9.59 Å². The maximum absolute atomic E-state index is 12.0. The van der Waals surface area contributed by atoms with Crippen molar-refractivity contribution in [2.45, 2.75) is 13.3 Å². The lowest BCUT2D eigenvalue weighted by Crippen LogP contribution is -2.21. The number of halogens is 2. The molecule has 0 unspecified atom stereocenters. The van der Waals surface area contributed by atoms with Gasteiger partial charge in [-0.15, -0.1) is 0 Å². The fourth-order valence-electron chi connectivity index (χ4n) is 2.47. The van der Waals surface area contributed by atoms with Crippen molar-refractivity contribution in [1.29, 1.82) is 0 Å². The van der Waals surface area contributed by atoms with E-state index < -0.39 is 18.5 Å². The Labute approximate surface area is 159 Å². The summed E-state index contributed by atoms with van der Waals surface area (Å²) >= 11 is 11.9. The highest BCUT2D eigenvalue weighted by Gasteiger charge is 2.14. The zero-order valence-corrected chi connectivity index (χ0v) is 15.4. The molecule has 0 spiro atoms. The zero-order chi connectivity index (χ0) is 18.7. The fraction of sp³-hybridized carbons (Fsp3) is 0.158. The predicted octanol–water partition coefficient (Wildman–Crippen LogP) is 4.77. The largest absolute Gasteiger partial charge is 0.464 e. The van der Waals surface area contributed by atoms with Gasteiger partial charge in [-0.2, -0.15) is 0 Å². The molecule has 0 aliphatic carbocycles. The number of ether oxygens (including phenoxy) is 1. The van der Waals surface area contributed by atoms with Gasteiger partial charge in [0.1, 0.15) is 5.58 Å². The number of hydrogen-bond acceptors (Lipinski definition) is 4. The summed E-state index contributed by atoms with van der Waals surface area (Å²) in [5, 5.41) is 3.95. The fourth-order valence-corrected chi connectivity index (χ4v) is 2.81. The third kappa shape index (κ3) is 4.18. The second kappa shape index (κ2) is 7.81. The van der Waals surface area contributed by atoms with Gasteiger partial charge in [0.2, 0.25) is 0 Å². The number of hydrogen-bond donors (Lipinski definition) is 1. The highest BCUT2D eigenvalue weighted by Crippen LogP contribution is 2.29. The topological polar surface area (TPSA) is 68.5 Å². The maximum Gasteiger partial charge on any atom is 0.310 e. The van der Waals surface area contributed by atoms with Crippen LogP contribution >= 0.6 is 23.2 Å². The average Bonchev–Trinajstić information content (AvgIpc) is 2.99. The number of anilines is 1. The van der Waals surface area contributed by atoms with Crippen LogP contribution in [0.4, 0.5) is 5.69 Å². The monoisotopic (exact) mass is 391 g/mol. The molecule has 0 aliphatic heterocycles. The van der Waals surface area contributed by atoms with E-state index in [1.807, 2.05) is 25.1 Å². The quantitative estimate of drug-likeness (QED) is 0.635. The molecule has 0 fully saturated rings. The van der Waals surface area contributed by atoms with Crippen LogP contribution in [0.3, 0.4) is 0 Å². The zero-order valence-electron chi connectivity index (χ0n) is 13.8. The summed E-state index contributed by atoms with van der Waals surface area (Å²) in [6.07, 6.45) is 1.54. The van der Waals surface area contributed by atoms with E-state index in [1.165, 1.54) is 6.26 Å². The Kier molecular flexibility index (Phi) is 5.49. The van der Waals surface area contributed by atoms with E-state index in [1.54, 1.807) is 18.2 Å². The number of carbonyl (C=O) groups is 2. The van der Waals surface area contributed by atoms with E-state index in [-0.39, 0.29) is 11.4 Å². The van der Waals surface area contributed by atoms with Crippen molar-refractivity contribution in [3.8, 4) is 0 Å². The normalized spacial score (nSPS) is 10.7. The summed E-state index contributed by atoms with van der Waals surface area (Å²) in [5.41, 5.74) is 2.85. The third-order valence-electron chi connectivity index (χ3n) is 3.74. The molecule has 1 N–H and O–H groups in total.